The van der Waals surface area contributed by atoms with Crippen LogP contribution in [0.3, 0.4) is 0 Å². The predicted octanol–water partition coefficient (Wildman–Crippen LogP) is 5.91. The van der Waals surface area contributed by atoms with Crippen molar-refractivity contribution < 1.29 is 0 Å². The first-order valence-corrected chi connectivity index (χ1v) is 9.62. The fourth-order valence-corrected chi connectivity index (χ4v) is 5.16. The van der Waals surface area contributed by atoms with Crippen LogP contribution in [-0.2, 0) is 5.41 Å². The second kappa shape index (κ2) is 5.72. The van der Waals surface area contributed by atoms with Crippen molar-refractivity contribution in [2.24, 2.45) is 5.73 Å². The Balaban J connectivity index is 1.96. The maximum absolute atomic E-state index is 6.30. The highest BCUT2D eigenvalue weighted by atomic mass is 14.6. The third-order valence-corrected chi connectivity index (χ3v) is 6.27. The Morgan fingerprint density at radius 2 is 1.70 bits per heavy atom. The van der Waals surface area contributed by atoms with Crippen LogP contribution in [0.15, 0.2) is 96.3 Å². The third-order valence-electron chi connectivity index (χ3n) is 6.27. The zero-order chi connectivity index (χ0) is 18.6. The van der Waals surface area contributed by atoms with Gasteiger partial charge in [-0.3, -0.25) is 0 Å². The lowest BCUT2D eigenvalue weighted by Gasteiger charge is -2.33. The summed E-state index contributed by atoms with van der Waals surface area (Å²) >= 11 is 0. The summed E-state index contributed by atoms with van der Waals surface area (Å²) < 4.78 is 0. The lowest BCUT2D eigenvalue weighted by Crippen LogP contribution is -2.28. The van der Waals surface area contributed by atoms with E-state index in [-0.39, 0.29) is 5.41 Å². The second-order valence-corrected chi connectivity index (χ2v) is 7.50. The van der Waals surface area contributed by atoms with Gasteiger partial charge in [-0.25, -0.2) is 0 Å². The number of hydrogen-bond donors (Lipinski definition) is 1. The van der Waals surface area contributed by atoms with E-state index in [9.17, 15) is 0 Å². The first kappa shape index (κ1) is 16.1. The van der Waals surface area contributed by atoms with Crippen molar-refractivity contribution in [3.05, 3.63) is 119 Å². The molecule has 0 aliphatic heterocycles. The van der Waals surface area contributed by atoms with Gasteiger partial charge >= 0.3 is 0 Å². The smallest absolute Gasteiger partial charge is 0.0689 e. The summed E-state index contributed by atoms with van der Waals surface area (Å²) in [5.74, 6) is 0. The Hall–Kier alpha value is -3.06. The molecular weight excluding hydrogens is 326 g/mol. The first-order valence-electron chi connectivity index (χ1n) is 9.62. The zero-order valence-electron chi connectivity index (χ0n) is 15.6. The van der Waals surface area contributed by atoms with Crippen molar-refractivity contribution in [3.8, 4) is 0 Å². The van der Waals surface area contributed by atoms with Crippen LogP contribution in [0.2, 0.25) is 0 Å². The van der Waals surface area contributed by atoms with Gasteiger partial charge in [0.25, 0.3) is 0 Å². The van der Waals surface area contributed by atoms with Gasteiger partial charge in [-0.05, 0) is 70.4 Å². The van der Waals surface area contributed by atoms with E-state index >= 15 is 0 Å². The summed E-state index contributed by atoms with van der Waals surface area (Å²) in [7, 11) is 0. The molecule has 0 amide bonds. The molecule has 0 heterocycles. The van der Waals surface area contributed by atoms with Crippen LogP contribution >= 0.6 is 0 Å². The number of allylic oxidation sites excluding steroid dienone is 8. The quantitative estimate of drug-likeness (QED) is 0.681. The van der Waals surface area contributed by atoms with Gasteiger partial charge in [0.1, 0.15) is 0 Å². The highest BCUT2D eigenvalue weighted by Gasteiger charge is 2.53. The molecule has 0 bridgehead atoms. The highest BCUT2D eigenvalue weighted by molar-refractivity contribution is 6.00. The van der Waals surface area contributed by atoms with Gasteiger partial charge in [0.15, 0.2) is 0 Å². The molecule has 1 nitrogen and oxygen atoms in total. The minimum atomic E-state index is -0.266. The van der Waals surface area contributed by atoms with E-state index in [0.29, 0.717) is 0 Å². The molecule has 2 N–H and O–H groups in total. The van der Waals surface area contributed by atoms with Crippen molar-refractivity contribution in [2.45, 2.75) is 25.2 Å². The third kappa shape index (κ3) is 1.94. The molecule has 5 rings (SSSR count). The number of benzene rings is 2. The van der Waals surface area contributed by atoms with Crippen LogP contribution in [0, 0.1) is 0 Å². The van der Waals surface area contributed by atoms with E-state index in [0.717, 1.165) is 24.1 Å². The summed E-state index contributed by atoms with van der Waals surface area (Å²) in [6, 6.07) is 17.6. The van der Waals surface area contributed by atoms with Crippen molar-refractivity contribution in [2.75, 3.05) is 0 Å². The summed E-state index contributed by atoms with van der Waals surface area (Å²) in [6.45, 7) is 6.49. The van der Waals surface area contributed by atoms with E-state index in [1.165, 1.54) is 39.0 Å². The Morgan fingerprint density at radius 3 is 2.44 bits per heavy atom. The van der Waals surface area contributed by atoms with Crippen molar-refractivity contribution >= 4 is 11.1 Å². The van der Waals surface area contributed by atoms with Gasteiger partial charge in [0.2, 0.25) is 0 Å². The number of hydrogen-bond acceptors (Lipinski definition) is 1. The van der Waals surface area contributed by atoms with Crippen LogP contribution in [-0.4, -0.2) is 0 Å². The van der Waals surface area contributed by atoms with E-state index < -0.39 is 0 Å². The molecule has 3 aliphatic carbocycles. The molecule has 1 spiro atoms. The largest absolute Gasteiger partial charge is 0.399 e. The van der Waals surface area contributed by atoms with Crippen molar-refractivity contribution in [3.63, 3.8) is 0 Å². The summed E-state index contributed by atoms with van der Waals surface area (Å²) in [6.07, 6.45) is 10.9. The minimum Gasteiger partial charge on any atom is -0.399 e. The predicted molar refractivity (Wildman–Crippen MR) is 114 cm³/mol. The lowest BCUT2D eigenvalue weighted by atomic mass is 9.68. The summed E-state index contributed by atoms with van der Waals surface area (Å²) in [5.41, 5.74) is 17.3. The molecule has 3 aliphatic rings. The molecule has 1 atom stereocenters. The lowest BCUT2D eigenvalue weighted by molar-refractivity contribution is 0.714. The monoisotopic (exact) mass is 349 g/mol. The standard InChI is InChI=1S/C26H23N/c1-3-18(27)16-25-17(2)19-10-4-7-13-22(19)26(25)23-14-8-5-11-20(23)21-12-6-9-15-24(21)26/h3-8,10-14,16H,2,9,15,27H2,1H3/b18-3+,25-16+. The number of fused-ring (bicyclic) bond motifs is 6. The van der Waals surface area contributed by atoms with Crippen LogP contribution < -0.4 is 5.73 Å². The van der Waals surface area contributed by atoms with Crippen LogP contribution in [0.5, 0.6) is 0 Å². The summed E-state index contributed by atoms with van der Waals surface area (Å²) in [4.78, 5) is 0. The maximum atomic E-state index is 6.30. The molecule has 0 radical (unpaired) electrons. The minimum absolute atomic E-state index is 0.266. The van der Waals surface area contributed by atoms with Crippen LogP contribution in [0.25, 0.3) is 11.1 Å². The number of nitrogens with two attached hydrogens (primary N) is 1. The van der Waals surface area contributed by atoms with Gasteiger partial charge < -0.3 is 5.73 Å². The summed E-state index contributed by atoms with van der Waals surface area (Å²) in [5, 5.41) is 0. The molecule has 0 saturated carbocycles. The molecule has 0 aromatic heterocycles. The molecular formula is C26H23N. The van der Waals surface area contributed by atoms with Crippen molar-refractivity contribution in [1.29, 1.82) is 0 Å². The van der Waals surface area contributed by atoms with Gasteiger partial charge in [0.05, 0.1) is 5.41 Å². The fraction of sp³-hybridized carbons (Fsp3) is 0.154. The fourth-order valence-electron chi connectivity index (χ4n) is 5.16. The molecule has 0 fully saturated rings. The molecule has 27 heavy (non-hydrogen) atoms. The van der Waals surface area contributed by atoms with E-state index in [1.54, 1.807) is 0 Å². The van der Waals surface area contributed by atoms with Crippen LogP contribution in [0.4, 0.5) is 0 Å². The molecule has 0 saturated heterocycles. The molecule has 2 aromatic rings. The van der Waals surface area contributed by atoms with E-state index in [4.69, 9.17) is 5.73 Å². The van der Waals surface area contributed by atoms with Gasteiger partial charge in [-0.1, -0.05) is 73.3 Å². The molecule has 2 aromatic carbocycles. The Bertz CT molecular complexity index is 1110. The first-order chi connectivity index (χ1) is 13.2. The molecule has 1 heteroatoms. The van der Waals surface area contributed by atoms with Gasteiger partial charge in [-0.2, -0.15) is 0 Å². The zero-order valence-corrected chi connectivity index (χ0v) is 15.6. The van der Waals surface area contributed by atoms with E-state index in [1.807, 2.05) is 13.0 Å². The van der Waals surface area contributed by atoms with Gasteiger partial charge in [0, 0.05) is 5.70 Å². The molecule has 1 unspecified atom stereocenters. The normalized spacial score (nSPS) is 24.6. The Kier molecular flexibility index (Phi) is 3.42. The molecule has 132 valence electrons. The highest BCUT2D eigenvalue weighted by Crippen LogP contribution is 2.64. The maximum Gasteiger partial charge on any atom is 0.0689 e. The average molecular weight is 349 g/mol. The topological polar surface area (TPSA) is 26.0 Å². The van der Waals surface area contributed by atoms with E-state index in [2.05, 4.69) is 73.3 Å². The Morgan fingerprint density at radius 1 is 1.04 bits per heavy atom. The number of rotatable bonds is 1. The Labute approximate surface area is 160 Å². The van der Waals surface area contributed by atoms with Crippen LogP contribution in [0.1, 0.15) is 42.0 Å². The average Bonchev–Trinajstić information content (AvgIpc) is 3.15. The van der Waals surface area contributed by atoms with Crippen molar-refractivity contribution in [1.82, 2.24) is 0 Å². The SMILES string of the molecule is C=C1/C(=C\C(N)=C/C)C2(C3=C(C=CCC3)c3ccccc32)c2ccccc21. The van der Waals surface area contributed by atoms with Gasteiger partial charge in [-0.15, -0.1) is 0 Å². The second-order valence-electron chi connectivity index (χ2n) is 7.50.